The van der Waals surface area contributed by atoms with Gasteiger partial charge in [0.1, 0.15) is 5.69 Å². The third kappa shape index (κ3) is 3.13. The largest absolute Gasteiger partial charge is 0.463 e. The lowest BCUT2D eigenvalue weighted by atomic mass is 10.1. The standard InChI is InChI=1S/C12H11FN2O4S2/c13-21(17,18)7-8-4-11(16)15(5-8)12-14-9(6-20-12)10-2-1-3-19-10/h1-3,6,8H,4-5,7H2. The van der Waals surface area contributed by atoms with Crippen molar-refractivity contribution in [2.45, 2.75) is 6.42 Å². The number of halogens is 1. The first kappa shape index (κ1) is 14.2. The number of thiazole rings is 1. The molecule has 0 radical (unpaired) electrons. The van der Waals surface area contributed by atoms with Gasteiger partial charge in [-0.15, -0.1) is 15.2 Å². The summed E-state index contributed by atoms with van der Waals surface area (Å²) in [6, 6.07) is 3.49. The Bertz CT molecular complexity index is 754. The van der Waals surface area contributed by atoms with Gasteiger partial charge in [0.05, 0.1) is 12.0 Å². The molecule has 0 aromatic carbocycles. The predicted molar refractivity (Wildman–Crippen MR) is 75.2 cm³/mol. The van der Waals surface area contributed by atoms with Gasteiger partial charge in [-0.3, -0.25) is 9.69 Å². The molecule has 3 rings (SSSR count). The first-order chi connectivity index (χ1) is 9.92. The van der Waals surface area contributed by atoms with Crippen LogP contribution in [0.5, 0.6) is 0 Å². The molecule has 1 saturated heterocycles. The fourth-order valence-electron chi connectivity index (χ4n) is 2.29. The van der Waals surface area contributed by atoms with E-state index in [0.29, 0.717) is 16.6 Å². The minimum absolute atomic E-state index is 0.0127. The van der Waals surface area contributed by atoms with E-state index in [1.807, 2.05) is 0 Å². The van der Waals surface area contributed by atoms with Crippen LogP contribution in [0, 0.1) is 5.92 Å². The fourth-order valence-corrected chi connectivity index (χ4v) is 3.91. The van der Waals surface area contributed by atoms with Crippen LogP contribution in [0.4, 0.5) is 9.02 Å². The van der Waals surface area contributed by atoms with E-state index < -0.39 is 21.9 Å². The molecule has 1 aliphatic heterocycles. The first-order valence-corrected chi connectivity index (χ1v) is 8.58. The van der Waals surface area contributed by atoms with Crippen molar-refractivity contribution in [1.29, 1.82) is 0 Å². The number of amides is 1. The summed E-state index contributed by atoms with van der Waals surface area (Å²) in [6.07, 6.45) is 1.54. The minimum atomic E-state index is -4.58. The van der Waals surface area contributed by atoms with Crippen LogP contribution in [0.2, 0.25) is 0 Å². The zero-order valence-electron chi connectivity index (χ0n) is 10.7. The second-order valence-electron chi connectivity index (χ2n) is 4.77. The van der Waals surface area contributed by atoms with Gasteiger partial charge in [-0.2, -0.15) is 8.42 Å². The van der Waals surface area contributed by atoms with E-state index in [2.05, 4.69) is 4.98 Å². The number of hydrogen-bond acceptors (Lipinski definition) is 6. The van der Waals surface area contributed by atoms with Crippen molar-refractivity contribution in [3.63, 3.8) is 0 Å². The molecule has 3 heterocycles. The molecular formula is C12H11FN2O4S2. The Hall–Kier alpha value is -1.74. The van der Waals surface area contributed by atoms with E-state index in [-0.39, 0.29) is 18.9 Å². The molecule has 0 spiro atoms. The molecule has 0 saturated carbocycles. The molecule has 6 nitrogen and oxygen atoms in total. The van der Waals surface area contributed by atoms with Crippen LogP contribution in [0.15, 0.2) is 28.2 Å². The number of furan rings is 1. The number of anilines is 1. The summed E-state index contributed by atoms with van der Waals surface area (Å²) in [5.74, 6) is -0.828. The van der Waals surface area contributed by atoms with Gasteiger partial charge in [-0.05, 0) is 12.1 Å². The Morgan fingerprint density at radius 3 is 3.00 bits per heavy atom. The number of carbonyl (C=O) groups excluding carboxylic acids is 1. The molecule has 0 bridgehead atoms. The smallest absolute Gasteiger partial charge is 0.302 e. The van der Waals surface area contributed by atoms with Gasteiger partial charge < -0.3 is 4.42 Å². The number of nitrogens with zero attached hydrogens (tertiary/aromatic N) is 2. The van der Waals surface area contributed by atoms with E-state index in [0.717, 1.165) is 0 Å². The molecule has 1 unspecified atom stereocenters. The van der Waals surface area contributed by atoms with Crippen molar-refractivity contribution < 1.29 is 21.5 Å². The van der Waals surface area contributed by atoms with Crippen LogP contribution in [-0.2, 0) is 15.0 Å². The summed E-state index contributed by atoms with van der Waals surface area (Å²) in [7, 11) is -4.58. The molecule has 0 aliphatic carbocycles. The van der Waals surface area contributed by atoms with Gasteiger partial charge in [-0.25, -0.2) is 4.98 Å². The Balaban J connectivity index is 1.77. The third-order valence-corrected chi connectivity index (χ3v) is 4.87. The van der Waals surface area contributed by atoms with Gasteiger partial charge in [-0.1, -0.05) is 0 Å². The number of aromatic nitrogens is 1. The number of carbonyl (C=O) groups is 1. The monoisotopic (exact) mass is 330 g/mol. The zero-order chi connectivity index (χ0) is 15.0. The summed E-state index contributed by atoms with van der Waals surface area (Å²) >= 11 is 1.26. The van der Waals surface area contributed by atoms with Gasteiger partial charge in [0.15, 0.2) is 10.9 Å². The number of rotatable bonds is 4. The lowest BCUT2D eigenvalue weighted by molar-refractivity contribution is -0.117. The van der Waals surface area contributed by atoms with E-state index in [1.54, 1.807) is 17.5 Å². The average molecular weight is 330 g/mol. The van der Waals surface area contributed by atoms with Crippen molar-refractivity contribution >= 4 is 32.6 Å². The molecule has 21 heavy (non-hydrogen) atoms. The van der Waals surface area contributed by atoms with Crippen molar-refractivity contribution in [1.82, 2.24) is 4.98 Å². The quantitative estimate of drug-likeness (QED) is 0.802. The van der Waals surface area contributed by atoms with E-state index >= 15 is 0 Å². The Labute approximate surface area is 124 Å². The summed E-state index contributed by atoms with van der Waals surface area (Å²) in [6.45, 7) is 0.160. The summed E-state index contributed by atoms with van der Waals surface area (Å²) in [5.41, 5.74) is 0.606. The second-order valence-corrected chi connectivity index (χ2v) is 7.02. The average Bonchev–Trinajstić information content (AvgIpc) is 3.06. The molecule has 112 valence electrons. The van der Waals surface area contributed by atoms with Crippen molar-refractivity contribution in [3.05, 3.63) is 23.8 Å². The van der Waals surface area contributed by atoms with Crippen molar-refractivity contribution in [2.75, 3.05) is 17.2 Å². The lowest BCUT2D eigenvalue weighted by Crippen LogP contribution is -2.25. The molecule has 1 atom stereocenters. The second kappa shape index (κ2) is 5.23. The van der Waals surface area contributed by atoms with Gasteiger partial charge in [0.25, 0.3) is 0 Å². The highest BCUT2D eigenvalue weighted by Crippen LogP contribution is 2.32. The minimum Gasteiger partial charge on any atom is -0.463 e. The van der Waals surface area contributed by atoms with E-state index in [1.165, 1.54) is 22.5 Å². The highest BCUT2D eigenvalue weighted by atomic mass is 32.3. The van der Waals surface area contributed by atoms with Crippen molar-refractivity contribution in [3.8, 4) is 11.5 Å². The molecule has 2 aromatic rings. The van der Waals surface area contributed by atoms with Crippen LogP contribution < -0.4 is 4.90 Å². The lowest BCUT2D eigenvalue weighted by Gasteiger charge is -2.11. The molecule has 1 amide bonds. The number of hydrogen-bond donors (Lipinski definition) is 0. The molecule has 1 aliphatic rings. The van der Waals surface area contributed by atoms with Gasteiger partial charge >= 0.3 is 10.2 Å². The Morgan fingerprint density at radius 1 is 1.52 bits per heavy atom. The topological polar surface area (TPSA) is 80.5 Å². The third-order valence-electron chi connectivity index (χ3n) is 3.14. The maximum absolute atomic E-state index is 12.7. The van der Waals surface area contributed by atoms with E-state index in [9.17, 15) is 17.1 Å². The van der Waals surface area contributed by atoms with Crippen molar-refractivity contribution in [2.24, 2.45) is 5.92 Å². The van der Waals surface area contributed by atoms with E-state index in [4.69, 9.17) is 4.42 Å². The van der Waals surface area contributed by atoms with Gasteiger partial charge in [0.2, 0.25) is 5.91 Å². The molecule has 0 N–H and O–H groups in total. The summed E-state index contributed by atoms with van der Waals surface area (Å²) in [5, 5.41) is 2.21. The fraction of sp³-hybridized carbons (Fsp3) is 0.333. The van der Waals surface area contributed by atoms with Crippen LogP contribution >= 0.6 is 11.3 Å². The maximum atomic E-state index is 12.7. The highest BCUT2D eigenvalue weighted by molar-refractivity contribution is 7.86. The molecule has 9 heteroatoms. The Morgan fingerprint density at radius 2 is 2.33 bits per heavy atom. The molecular weight excluding hydrogens is 319 g/mol. The SMILES string of the molecule is O=C1CC(CS(=O)(=O)F)CN1c1nc(-c2ccco2)cs1. The molecule has 2 aromatic heterocycles. The maximum Gasteiger partial charge on any atom is 0.302 e. The summed E-state index contributed by atoms with van der Waals surface area (Å²) in [4.78, 5) is 17.6. The predicted octanol–water partition coefficient (Wildman–Crippen LogP) is 2.06. The normalized spacial score (nSPS) is 19.4. The highest BCUT2D eigenvalue weighted by Gasteiger charge is 2.35. The van der Waals surface area contributed by atoms with Gasteiger partial charge in [0, 0.05) is 24.3 Å². The molecule has 1 fully saturated rings. The van der Waals surface area contributed by atoms with Crippen LogP contribution in [0.3, 0.4) is 0 Å². The Kier molecular flexibility index (Phi) is 3.54. The van der Waals surface area contributed by atoms with Crippen LogP contribution in [0.1, 0.15) is 6.42 Å². The zero-order valence-corrected chi connectivity index (χ0v) is 12.4. The van der Waals surface area contributed by atoms with Crippen LogP contribution in [0.25, 0.3) is 11.5 Å². The van der Waals surface area contributed by atoms with Crippen LogP contribution in [-0.4, -0.2) is 31.6 Å². The first-order valence-electron chi connectivity index (χ1n) is 6.14. The summed E-state index contributed by atoms with van der Waals surface area (Å²) < 4.78 is 39.3.